The third kappa shape index (κ3) is 6.14. The van der Waals surface area contributed by atoms with Crippen LogP contribution in [0.15, 0.2) is 91.0 Å². The zero-order chi connectivity index (χ0) is 23.3. The Morgan fingerprint density at radius 1 is 0.485 bits per heavy atom. The van der Waals surface area contributed by atoms with Gasteiger partial charge in [-0.25, -0.2) is 0 Å². The van der Waals surface area contributed by atoms with Gasteiger partial charge < -0.3 is 10.5 Å². The predicted molar refractivity (Wildman–Crippen MR) is 142 cm³/mol. The van der Waals surface area contributed by atoms with Gasteiger partial charge in [0.1, 0.15) is 0 Å². The first-order chi connectivity index (χ1) is 15.3. The van der Waals surface area contributed by atoms with Crippen molar-refractivity contribution in [3.8, 4) is 0 Å². The van der Waals surface area contributed by atoms with E-state index >= 15 is 0 Å². The Balaban J connectivity index is 0.000000257. The van der Waals surface area contributed by atoms with Crippen LogP contribution in [0.1, 0.15) is 0 Å². The molecule has 4 rings (SSSR count). The Hall–Kier alpha value is -1.07. The summed E-state index contributed by atoms with van der Waals surface area (Å²) < 4.78 is 0. The monoisotopic (exact) mass is 602 g/mol. The van der Waals surface area contributed by atoms with Gasteiger partial charge in [0.05, 0.1) is 15.1 Å². The SMILES string of the molecule is O[Si](c1ccccc1)(c1ccccc1)c1ccccc1.[NH-]c1c(Cl)c(Cl)c(Cl)c(Cl)c1Cl.[Zn]. The molecule has 9 heteroatoms. The molecule has 0 heterocycles. The van der Waals surface area contributed by atoms with Crippen LogP contribution < -0.4 is 15.6 Å². The average Bonchev–Trinajstić information content (AvgIpc) is 2.86. The summed E-state index contributed by atoms with van der Waals surface area (Å²) in [6.07, 6.45) is 0. The maximum Gasteiger partial charge on any atom is 0.285 e. The first-order valence-electron chi connectivity index (χ1n) is 9.40. The molecular weight excluding hydrogens is 589 g/mol. The standard InChI is InChI=1S/C18H16OSi.C6HCl5N.Zn/c19-20(16-10-4-1-5-11-16,17-12-6-2-7-13-17)18-14-8-3-9-15-18;7-1-2(8)4(10)6(12)5(11)3(1)9;/h1-15,19H;12H;/q;-1;. The third-order valence-electron chi connectivity index (χ3n) is 4.78. The van der Waals surface area contributed by atoms with Crippen molar-refractivity contribution in [2.45, 2.75) is 0 Å². The van der Waals surface area contributed by atoms with Crippen LogP contribution >= 0.6 is 58.0 Å². The first kappa shape index (κ1) is 28.2. The second-order valence-corrected chi connectivity index (χ2v) is 11.8. The Bertz CT molecular complexity index is 996. The maximum atomic E-state index is 11.6. The van der Waals surface area contributed by atoms with Crippen molar-refractivity contribution in [3.63, 3.8) is 0 Å². The number of hydrogen-bond acceptors (Lipinski definition) is 1. The van der Waals surface area contributed by atoms with Gasteiger partial charge in [-0.3, -0.25) is 0 Å². The number of nitrogens with one attached hydrogen (secondary N) is 1. The molecule has 0 bridgehead atoms. The maximum absolute atomic E-state index is 11.6. The molecule has 2 nitrogen and oxygen atoms in total. The largest absolute Gasteiger partial charge is 0.696 e. The summed E-state index contributed by atoms with van der Waals surface area (Å²) in [7, 11) is -2.88. The Kier molecular flexibility index (Phi) is 10.7. The Morgan fingerprint density at radius 3 is 1.00 bits per heavy atom. The summed E-state index contributed by atoms with van der Waals surface area (Å²) in [4.78, 5) is 11.6. The molecule has 0 atom stereocenters. The number of halogens is 5. The summed E-state index contributed by atoms with van der Waals surface area (Å²) in [5.41, 5.74) is 7.22. The smallest absolute Gasteiger partial charge is 0.285 e. The van der Waals surface area contributed by atoms with Crippen molar-refractivity contribution in [3.05, 3.63) is 122 Å². The quantitative estimate of drug-likeness (QED) is 0.113. The zero-order valence-corrected chi connectivity index (χ0v) is 25.0. The molecule has 0 aliphatic carbocycles. The fraction of sp³-hybridized carbons (Fsp3) is 0. The van der Waals surface area contributed by atoms with Gasteiger partial charge in [-0.2, -0.15) is 0 Å². The molecule has 0 aliphatic heterocycles. The van der Waals surface area contributed by atoms with Crippen LogP contribution in [0.4, 0.5) is 5.69 Å². The van der Waals surface area contributed by atoms with E-state index in [1.165, 1.54) is 0 Å². The molecule has 0 unspecified atom stereocenters. The Morgan fingerprint density at radius 2 is 0.727 bits per heavy atom. The van der Waals surface area contributed by atoms with Crippen molar-refractivity contribution >= 4 is 87.6 Å². The summed E-state index contributed by atoms with van der Waals surface area (Å²) in [6.45, 7) is 0. The van der Waals surface area contributed by atoms with Crippen LogP contribution in [0.5, 0.6) is 0 Å². The van der Waals surface area contributed by atoms with Gasteiger partial charge in [-0.05, 0) is 15.6 Å². The molecule has 4 aromatic rings. The van der Waals surface area contributed by atoms with E-state index < -0.39 is 8.32 Å². The van der Waals surface area contributed by atoms with E-state index in [0.29, 0.717) is 0 Å². The number of hydrogen-bond donors (Lipinski definition) is 1. The van der Waals surface area contributed by atoms with Crippen molar-refractivity contribution in [1.29, 1.82) is 0 Å². The molecule has 2 N–H and O–H groups in total. The van der Waals surface area contributed by atoms with Gasteiger partial charge in [-0.1, -0.05) is 149 Å². The molecule has 0 fully saturated rings. The molecule has 4 aromatic carbocycles. The zero-order valence-electron chi connectivity index (χ0n) is 17.2. The Labute approximate surface area is 232 Å². The molecule has 0 radical (unpaired) electrons. The van der Waals surface area contributed by atoms with E-state index in [1.54, 1.807) is 0 Å². The molecule has 33 heavy (non-hydrogen) atoms. The summed E-state index contributed by atoms with van der Waals surface area (Å²) in [6, 6.07) is 30.0. The van der Waals surface area contributed by atoms with Crippen LogP contribution in [0, 0.1) is 0 Å². The van der Waals surface area contributed by atoms with Gasteiger partial charge in [0.15, 0.2) is 0 Å². The molecule has 0 saturated carbocycles. The van der Waals surface area contributed by atoms with Crippen molar-refractivity contribution < 1.29 is 24.3 Å². The van der Waals surface area contributed by atoms with E-state index in [9.17, 15) is 4.80 Å². The minimum atomic E-state index is -2.88. The summed E-state index contributed by atoms with van der Waals surface area (Å²) >= 11 is 28.1. The van der Waals surface area contributed by atoms with Crippen molar-refractivity contribution in [2.24, 2.45) is 0 Å². The van der Waals surface area contributed by atoms with Crippen LogP contribution in [0.3, 0.4) is 0 Å². The van der Waals surface area contributed by atoms with Gasteiger partial charge >= 0.3 is 0 Å². The molecular formula is C24H17Cl5NOSiZn-. The van der Waals surface area contributed by atoms with E-state index in [4.69, 9.17) is 63.7 Å². The van der Waals surface area contributed by atoms with Gasteiger partial charge in [0.2, 0.25) is 0 Å². The van der Waals surface area contributed by atoms with E-state index in [1.807, 2.05) is 91.0 Å². The molecule has 0 amide bonds. The first-order valence-corrected chi connectivity index (χ1v) is 13.2. The second kappa shape index (κ2) is 12.6. The molecule has 0 spiro atoms. The average molecular weight is 606 g/mol. The van der Waals surface area contributed by atoms with Crippen LogP contribution in [-0.4, -0.2) is 13.1 Å². The molecule has 0 saturated heterocycles. The molecule has 166 valence electrons. The minimum absolute atomic E-state index is 0. The topological polar surface area (TPSA) is 44.0 Å². The fourth-order valence-corrected chi connectivity index (χ4v) is 7.31. The normalized spacial score (nSPS) is 10.6. The van der Waals surface area contributed by atoms with Crippen LogP contribution in [0.2, 0.25) is 25.1 Å². The molecule has 0 aromatic heterocycles. The molecule has 0 aliphatic rings. The van der Waals surface area contributed by atoms with Crippen molar-refractivity contribution in [1.82, 2.24) is 0 Å². The minimum Gasteiger partial charge on any atom is -0.696 e. The predicted octanol–water partition coefficient (Wildman–Crippen LogP) is 7.28. The summed E-state index contributed by atoms with van der Waals surface area (Å²) in [5.74, 6) is 0. The number of rotatable bonds is 3. The third-order valence-corrected chi connectivity index (χ3v) is 10.6. The van der Waals surface area contributed by atoms with Gasteiger partial charge in [0, 0.05) is 29.5 Å². The van der Waals surface area contributed by atoms with Crippen LogP contribution in [-0.2, 0) is 19.5 Å². The van der Waals surface area contributed by atoms with E-state index in [2.05, 4.69) is 0 Å². The summed E-state index contributed by atoms with van der Waals surface area (Å²) in [5, 5.41) is 3.24. The van der Waals surface area contributed by atoms with Crippen LogP contribution in [0.25, 0.3) is 5.73 Å². The number of benzene rings is 4. The second-order valence-electron chi connectivity index (χ2n) is 6.75. The fourth-order valence-electron chi connectivity index (χ4n) is 3.14. The van der Waals surface area contributed by atoms with Gasteiger partial charge in [-0.15, -0.1) is 5.69 Å². The van der Waals surface area contributed by atoms with Crippen molar-refractivity contribution in [2.75, 3.05) is 0 Å². The van der Waals surface area contributed by atoms with E-state index in [-0.39, 0.29) is 50.3 Å². The van der Waals surface area contributed by atoms with Gasteiger partial charge in [0.25, 0.3) is 8.32 Å². The van der Waals surface area contributed by atoms with E-state index in [0.717, 1.165) is 15.6 Å².